The van der Waals surface area contributed by atoms with Crippen molar-refractivity contribution < 1.29 is 13.2 Å². The lowest BCUT2D eigenvalue weighted by Crippen LogP contribution is -2.49. The van der Waals surface area contributed by atoms with E-state index in [2.05, 4.69) is 23.9 Å². The molecule has 0 radical (unpaired) electrons. The topological polar surface area (TPSA) is 67.4 Å². The summed E-state index contributed by atoms with van der Waals surface area (Å²) in [4.78, 5) is 0. The SMILES string of the molecule is CCC1(CC)CC(NS(=O)(=O)CCNC2CC2)CCO1. The Morgan fingerprint density at radius 3 is 2.45 bits per heavy atom. The summed E-state index contributed by atoms with van der Waals surface area (Å²) < 4.78 is 32.9. The van der Waals surface area contributed by atoms with E-state index in [0.717, 1.165) is 25.7 Å². The van der Waals surface area contributed by atoms with Gasteiger partial charge in [-0.3, -0.25) is 0 Å². The molecule has 2 N–H and O–H groups in total. The average Bonchev–Trinajstić information content (AvgIpc) is 3.22. The van der Waals surface area contributed by atoms with Crippen LogP contribution in [0.25, 0.3) is 0 Å². The summed E-state index contributed by atoms with van der Waals surface area (Å²) in [5.41, 5.74) is -0.141. The van der Waals surface area contributed by atoms with Crippen molar-refractivity contribution in [3.63, 3.8) is 0 Å². The van der Waals surface area contributed by atoms with Crippen LogP contribution in [0, 0.1) is 0 Å². The van der Waals surface area contributed by atoms with E-state index >= 15 is 0 Å². The molecule has 0 bridgehead atoms. The Labute approximate surface area is 122 Å². The maximum absolute atomic E-state index is 12.1. The molecule has 1 unspecified atom stereocenters. The third kappa shape index (κ3) is 4.69. The van der Waals surface area contributed by atoms with Gasteiger partial charge in [-0.25, -0.2) is 13.1 Å². The van der Waals surface area contributed by atoms with E-state index < -0.39 is 10.0 Å². The van der Waals surface area contributed by atoms with Gasteiger partial charge in [0.25, 0.3) is 0 Å². The zero-order valence-corrected chi connectivity index (χ0v) is 13.5. The molecule has 1 atom stereocenters. The predicted octanol–water partition coefficient (Wildman–Crippen LogP) is 1.40. The van der Waals surface area contributed by atoms with Crippen molar-refractivity contribution in [3.05, 3.63) is 0 Å². The number of rotatable bonds is 8. The van der Waals surface area contributed by atoms with E-state index in [4.69, 9.17) is 4.74 Å². The van der Waals surface area contributed by atoms with Crippen LogP contribution in [-0.2, 0) is 14.8 Å². The zero-order chi connectivity index (χ0) is 14.6. The van der Waals surface area contributed by atoms with Crippen LogP contribution in [-0.4, -0.2) is 45.0 Å². The van der Waals surface area contributed by atoms with Crippen molar-refractivity contribution in [2.24, 2.45) is 0 Å². The lowest BCUT2D eigenvalue weighted by Gasteiger charge is -2.40. The molecule has 0 amide bonds. The van der Waals surface area contributed by atoms with E-state index in [0.29, 0.717) is 19.2 Å². The predicted molar refractivity (Wildman–Crippen MR) is 80.2 cm³/mol. The van der Waals surface area contributed by atoms with Crippen molar-refractivity contribution in [2.45, 2.75) is 70.1 Å². The molecule has 1 aliphatic heterocycles. The van der Waals surface area contributed by atoms with Gasteiger partial charge >= 0.3 is 0 Å². The van der Waals surface area contributed by atoms with Crippen molar-refractivity contribution >= 4 is 10.0 Å². The highest BCUT2D eigenvalue weighted by Gasteiger charge is 2.35. The van der Waals surface area contributed by atoms with Crippen LogP contribution in [0.2, 0.25) is 0 Å². The summed E-state index contributed by atoms with van der Waals surface area (Å²) in [5, 5.41) is 3.24. The second-order valence-electron chi connectivity index (χ2n) is 6.09. The van der Waals surface area contributed by atoms with Crippen LogP contribution >= 0.6 is 0 Å². The molecule has 2 fully saturated rings. The fourth-order valence-electron chi connectivity index (χ4n) is 2.87. The van der Waals surface area contributed by atoms with Crippen LogP contribution in [0.1, 0.15) is 52.4 Å². The lowest BCUT2D eigenvalue weighted by molar-refractivity contribution is -0.0905. The molecule has 118 valence electrons. The van der Waals surface area contributed by atoms with Crippen LogP contribution in [0.3, 0.4) is 0 Å². The Morgan fingerprint density at radius 2 is 1.85 bits per heavy atom. The van der Waals surface area contributed by atoms with Gasteiger partial charge in [-0.05, 0) is 38.5 Å². The van der Waals surface area contributed by atoms with E-state index in [9.17, 15) is 8.42 Å². The Morgan fingerprint density at radius 1 is 1.15 bits per heavy atom. The molecular weight excluding hydrogens is 276 g/mol. The van der Waals surface area contributed by atoms with Crippen molar-refractivity contribution in [1.29, 1.82) is 0 Å². The van der Waals surface area contributed by atoms with Gasteiger partial charge in [0.2, 0.25) is 10.0 Å². The minimum atomic E-state index is -3.18. The second-order valence-corrected chi connectivity index (χ2v) is 7.97. The van der Waals surface area contributed by atoms with E-state index in [-0.39, 0.29) is 17.4 Å². The Kier molecular flexibility index (Phi) is 5.45. The van der Waals surface area contributed by atoms with Gasteiger partial charge < -0.3 is 10.1 Å². The van der Waals surface area contributed by atoms with Gasteiger partial charge in [0, 0.05) is 25.2 Å². The molecular formula is C14H28N2O3S. The van der Waals surface area contributed by atoms with Gasteiger partial charge in [0.15, 0.2) is 0 Å². The minimum absolute atomic E-state index is 0.0228. The van der Waals surface area contributed by atoms with Gasteiger partial charge in [-0.1, -0.05) is 13.8 Å². The first-order valence-electron chi connectivity index (χ1n) is 7.86. The van der Waals surface area contributed by atoms with Crippen LogP contribution < -0.4 is 10.0 Å². The fraction of sp³-hybridized carbons (Fsp3) is 1.00. The summed E-state index contributed by atoms with van der Waals surface area (Å²) >= 11 is 0. The molecule has 20 heavy (non-hydrogen) atoms. The van der Waals surface area contributed by atoms with Gasteiger partial charge in [-0.15, -0.1) is 0 Å². The first-order valence-corrected chi connectivity index (χ1v) is 9.51. The minimum Gasteiger partial charge on any atom is -0.375 e. The Hall–Kier alpha value is -0.170. The summed E-state index contributed by atoms with van der Waals surface area (Å²) in [6.07, 6.45) is 5.80. The van der Waals surface area contributed by atoms with E-state index in [1.807, 2.05) is 0 Å². The van der Waals surface area contributed by atoms with Crippen LogP contribution in [0.5, 0.6) is 0 Å². The zero-order valence-electron chi connectivity index (χ0n) is 12.7. The largest absolute Gasteiger partial charge is 0.375 e. The second kappa shape index (κ2) is 6.73. The Bertz CT molecular complexity index is 403. The maximum Gasteiger partial charge on any atom is 0.213 e. The molecule has 0 aromatic rings. The monoisotopic (exact) mass is 304 g/mol. The molecule has 1 saturated carbocycles. The highest BCUT2D eigenvalue weighted by Crippen LogP contribution is 2.31. The quantitative estimate of drug-likeness (QED) is 0.711. The first-order chi connectivity index (χ1) is 9.49. The lowest BCUT2D eigenvalue weighted by atomic mass is 9.86. The normalized spacial score (nSPS) is 26.6. The highest BCUT2D eigenvalue weighted by atomic mass is 32.2. The molecule has 0 spiro atoms. The summed E-state index contributed by atoms with van der Waals surface area (Å²) in [6.45, 7) is 5.42. The molecule has 2 aliphatic rings. The number of hydrogen-bond acceptors (Lipinski definition) is 4. The summed E-state index contributed by atoms with van der Waals surface area (Å²) in [7, 11) is -3.18. The van der Waals surface area contributed by atoms with E-state index in [1.54, 1.807) is 0 Å². The smallest absolute Gasteiger partial charge is 0.213 e. The van der Waals surface area contributed by atoms with E-state index in [1.165, 1.54) is 12.8 Å². The fourth-order valence-corrected chi connectivity index (χ4v) is 4.08. The molecule has 1 heterocycles. The van der Waals surface area contributed by atoms with Crippen molar-refractivity contribution in [1.82, 2.24) is 10.0 Å². The molecule has 1 saturated heterocycles. The third-order valence-electron chi connectivity index (χ3n) is 4.51. The van der Waals surface area contributed by atoms with Crippen LogP contribution in [0.15, 0.2) is 0 Å². The van der Waals surface area contributed by atoms with Crippen LogP contribution in [0.4, 0.5) is 0 Å². The number of ether oxygens (including phenoxy) is 1. The van der Waals surface area contributed by atoms with Gasteiger partial charge in [0.1, 0.15) is 0 Å². The van der Waals surface area contributed by atoms with Gasteiger partial charge in [-0.2, -0.15) is 0 Å². The third-order valence-corrected chi connectivity index (χ3v) is 5.94. The Balaban J connectivity index is 1.81. The van der Waals surface area contributed by atoms with Crippen molar-refractivity contribution in [3.8, 4) is 0 Å². The summed E-state index contributed by atoms with van der Waals surface area (Å²) in [6, 6.07) is 0.579. The standard InChI is InChI=1S/C14H28N2O3S/c1-3-14(4-2)11-13(7-9-19-14)16-20(17,18)10-8-15-12-5-6-12/h12-13,15-16H,3-11H2,1-2H3. The van der Waals surface area contributed by atoms with Gasteiger partial charge in [0.05, 0.1) is 11.4 Å². The number of hydrogen-bond donors (Lipinski definition) is 2. The average molecular weight is 304 g/mol. The molecule has 0 aromatic carbocycles. The molecule has 5 nitrogen and oxygen atoms in total. The highest BCUT2D eigenvalue weighted by molar-refractivity contribution is 7.89. The van der Waals surface area contributed by atoms with Crippen molar-refractivity contribution in [2.75, 3.05) is 18.9 Å². The molecule has 1 aliphatic carbocycles. The molecule has 0 aromatic heterocycles. The maximum atomic E-state index is 12.1. The number of sulfonamides is 1. The molecule has 6 heteroatoms. The first kappa shape index (κ1) is 16.2. The number of nitrogens with one attached hydrogen (secondary N) is 2. The summed E-state index contributed by atoms with van der Waals surface area (Å²) in [5.74, 6) is 0.173. The molecule has 2 rings (SSSR count).